The van der Waals surface area contributed by atoms with E-state index in [9.17, 15) is 9.59 Å². The van der Waals surface area contributed by atoms with Gasteiger partial charge in [0, 0.05) is 17.0 Å². The van der Waals surface area contributed by atoms with Gasteiger partial charge in [-0.2, -0.15) is 10.2 Å². The molecule has 0 bridgehead atoms. The highest BCUT2D eigenvalue weighted by atomic mass is 16.5. The fourth-order valence-corrected chi connectivity index (χ4v) is 3.29. The van der Waals surface area contributed by atoms with E-state index in [-0.39, 0.29) is 17.3 Å². The number of fused-ring (bicyclic) bond motifs is 1. The van der Waals surface area contributed by atoms with Gasteiger partial charge in [-0.05, 0) is 32.0 Å². The molecule has 30 heavy (non-hydrogen) atoms. The summed E-state index contributed by atoms with van der Waals surface area (Å²) in [5, 5.41) is 15.1. The third-order valence-electron chi connectivity index (χ3n) is 4.75. The topological polar surface area (TPSA) is 102 Å². The lowest BCUT2D eigenvalue weighted by Crippen LogP contribution is -2.29. The molecule has 0 aliphatic heterocycles. The normalized spacial score (nSPS) is 11.1. The summed E-state index contributed by atoms with van der Waals surface area (Å²) < 4.78 is 6.70. The van der Waals surface area contributed by atoms with Gasteiger partial charge in [-0.25, -0.2) is 4.68 Å². The van der Waals surface area contributed by atoms with E-state index in [4.69, 9.17) is 4.74 Å². The zero-order valence-corrected chi connectivity index (χ0v) is 16.8. The number of aromatic nitrogens is 4. The largest absolute Gasteiger partial charge is 0.496 e. The van der Waals surface area contributed by atoms with Gasteiger partial charge in [-0.15, -0.1) is 0 Å². The Hall–Kier alpha value is -3.94. The number of methoxy groups -OCH3 is 1. The number of carbonyl (C=O) groups excluding carboxylic acids is 1. The van der Waals surface area contributed by atoms with Crippen molar-refractivity contribution < 1.29 is 9.53 Å². The zero-order chi connectivity index (χ0) is 21.3. The van der Waals surface area contributed by atoms with Crippen LogP contribution in [0.3, 0.4) is 0 Å². The molecule has 8 nitrogen and oxygen atoms in total. The van der Waals surface area contributed by atoms with Crippen LogP contribution < -0.4 is 15.6 Å². The second-order valence-electron chi connectivity index (χ2n) is 7.06. The first-order valence-corrected chi connectivity index (χ1v) is 9.51. The van der Waals surface area contributed by atoms with Crippen molar-refractivity contribution in [3.63, 3.8) is 0 Å². The van der Waals surface area contributed by atoms with Crippen molar-refractivity contribution in [3.05, 3.63) is 70.6 Å². The Morgan fingerprint density at radius 1 is 1.10 bits per heavy atom. The molecule has 8 heteroatoms. The SMILES string of the molecule is COc1ccccc1-c1cc(NC(=O)c2nn(C(C)C)c(=O)c3ccccc23)n[nH]1. The number of para-hydroxylation sites is 1. The van der Waals surface area contributed by atoms with Crippen molar-refractivity contribution in [2.24, 2.45) is 0 Å². The lowest BCUT2D eigenvalue weighted by Gasteiger charge is -2.12. The minimum Gasteiger partial charge on any atom is -0.496 e. The molecule has 0 saturated heterocycles. The number of ether oxygens (including phenoxy) is 1. The quantitative estimate of drug-likeness (QED) is 0.530. The smallest absolute Gasteiger partial charge is 0.277 e. The molecule has 0 aliphatic carbocycles. The van der Waals surface area contributed by atoms with Crippen LogP contribution in [0, 0.1) is 0 Å². The van der Waals surface area contributed by atoms with E-state index in [1.165, 1.54) is 4.68 Å². The van der Waals surface area contributed by atoms with Crippen molar-refractivity contribution in [2.45, 2.75) is 19.9 Å². The van der Waals surface area contributed by atoms with Gasteiger partial charge < -0.3 is 10.1 Å². The third-order valence-corrected chi connectivity index (χ3v) is 4.75. The van der Waals surface area contributed by atoms with Gasteiger partial charge in [0.05, 0.1) is 24.2 Å². The number of nitrogens with one attached hydrogen (secondary N) is 2. The summed E-state index contributed by atoms with van der Waals surface area (Å²) in [7, 11) is 1.60. The average molecular weight is 403 g/mol. The van der Waals surface area contributed by atoms with Crippen LogP contribution in [-0.2, 0) is 0 Å². The van der Waals surface area contributed by atoms with Crippen molar-refractivity contribution in [1.29, 1.82) is 0 Å². The minimum atomic E-state index is -0.446. The van der Waals surface area contributed by atoms with Crippen LogP contribution in [0.5, 0.6) is 5.75 Å². The maximum Gasteiger partial charge on any atom is 0.277 e. The van der Waals surface area contributed by atoms with E-state index in [0.29, 0.717) is 28.0 Å². The van der Waals surface area contributed by atoms with E-state index in [1.807, 2.05) is 38.1 Å². The van der Waals surface area contributed by atoms with E-state index >= 15 is 0 Å². The molecule has 1 amide bonds. The molecule has 0 atom stereocenters. The first-order valence-electron chi connectivity index (χ1n) is 9.51. The van der Waals surface area contributed by atoms with Crippen LogP contribution in [0.2, 0.25) is 0 Å². The molecule has 0 radical (unpaired) electrons. The predicted octanol–water partition coefficient (Wildman–Crippen LogP) is 3.63. The fourth-order valence-electron chi connectivity index (χ4n) is 3.29. The van der Waals surface area contributed by atoms with E-state index < -0.39 is 5.91 Å². The Bertz CT molecular complexity index is 1290. The van der Waals surface area contributed by atoms with E-state index in [2.05, 4.69) is 20.6 Å². The first kappa shape index (κ1) is 19.4. The molecule has 0 unspecified atom stereocenters. The number of rotatable bonds is 5. The van der Waals surface area contributed by atoms with Gasteiger partial charge >= 0.3 is 0 Å². The monoisotopic (exact) mass is 403 g/mol. The molecule has 0 saturated carbocycles. The van der Waals surface area contributed by atoms with Gasteiger partial charge in [0.25, 0.3) is 11.5 Å². The second kappa shape index (κ2) is 7.82. The van der Waals surface area contributed by atoms with Crippen LogP contribution in [0.15, 0.2) is 59.4 Å². The number of aromatic amines is 1. The first-order chi connectivity index (χ1) is 14.5. The van der Waals surface area contributed by atoms with Gasteiger partial charge in [0.2, 0.25) is 0 Å². The lowest BCUT2D eigenvalue weighted by atomic mass is 10.1. The summed E-state index contributed by atoms with van der Waals surface area (Å²) in [5.74, 6) is 0.587. The van der Waals surface area contributed by atoms with E-state index in [0.717, 1.165) is 5.56 Å². The van der Waals surface area contributed by atoms with Crippen molar-refractivity contribution >= 4 is 22.5 Å². The molecule has 4 aromatic rings. The summed E-state index contributed by atoms with van der Waals surface area (Å²) >= 11 is 0. The number of carbonyl (C=O) groups is 1. The number of hydrogen-bond acceptors (Lipinski definition) is 5. The summed E-state index contributed by atoms with van der Waals surface area (Å²) in [5.41, 5.74) is 1.47. The highest BCUT2D eigenvalue weighted by Crippen LogP contribution is 2.29. The number of hydrogen-bond donors (Lipinski definition) is 2. The molecular formula is C22H21N5O3. The van der Waals surface area contributed by atoms with Crippen LogP contribution in [0.4, 0.5) is 5.82 Å². The molecule has 2 N–H and O–H groups in total. The number of H-pyrrole nitrogens is 1. The van der Waals surface area contributed by atoms with Crippen molar-refractivity contribution in [3.8, 4) is 17.0 Å². The molecule has 0 aliphatic rings. The molecule has 4 rings (SSSR count). The standard InChI is InChI=1S/C22H21N5O3/c1-13(2)27-22(29)15-9-5-4-8-14(15)20(26-27)21(28)23-19-12-17(24-25-19)16-10-6-7-11-18(16)30-3/h4-13H,1-3H3,(H2,23,24,25,28). The molecule has 2 aromatic heterocycles. The van der Waals surface area contributed by atoms with Gasteiger partial charge in [-0.3, -0.25) is 14.7 Å². The Kier molecular flexibility index (Phi) is 5.05. The fraction of sp³-hybridized carbons (Fsp3) is 0.182. The highest BCUT2D eigenvalue weighted by molar-refractivity contribution is 6.10. The van der Waals surface area contributed by atoms with Gasteiger partial charge in [0.15, 0.2) is 11.5 Å². The van der Waals surface area contributed by atoms with E-state index in [1.54, 1.807) is 37.4 Å². The number of benzene rings is 2. The molecule has 2 heterocycles. The number of anilines is 1. The molecular weight excluding hydrogens is 382 g/mol. The molecule has 2 aromatic carbocycles. The molecule has 152 valence electrons. The second-order valence-corrected chi connectivity index (χ2v) is 7.06. The Balaban J connectivity index is 1.70. The molecule has 0 spiro atoms. The maximum atomic E-state index is 13.0. The van der Waals surface area contributed by atoms with Crippen molar-refractivity contribution in [1.82, 2.24) is 20.0 Å². The lowest BCUT2D eigenvalue weighted by molar-refractivity contribution is 0.102. The highest BCUT2D eigenvalue weighted by Gasteiger charge is 2.19. The van der Waals surface area contributed by atoms with Crippen molar-refractivity contribution in [2.75, 3.05) is 12.4 Å². The summed E-state index contributed by atoms with van der Waals surface area (Å²) in [4.78, 5) is 25.7. The minimum absolute atomic E-state index is 0.167. The van der Waals surface area contributed by atoms with Crippen LogP contribution in [-0.4, -0.2) is 33.0 Å². The van der Waals surface area contributed by atoms with Crippen LogP contribution in [0.25, 0.3) is 22.0 Å². The molecule has 0 fully saturated rings. The van der Waals surface area contributed by atoms with Gasteiger partial charge in [-0.1, -0.05) is 30.3 Å². The van der Waals surface area contributed by atoms with Gasteiger partial charge in [0.1, 0.15) is 5.75 Å². The Morgan fingerprint density at radius 2 is 1.80 bits per heavy atom. The average Bonchev–Trinajstić information content (AvgIpc) is 3.22. The zero-order valence-electron chi connectivity index (χ0n) is 16.8. The maximum absolute atomic E-state index is 13.0. The summed E-state index contributed by atoms with van der Waals surface area (Å²) in [6.07, 6.45) is 0. The number of amides is 1. The third kappa shape index (κ3) is 3.43. The summed E-state index contributed by atoms with van der Waals surface area (Å²) in [6.45, 7) is 3.69. The predicted molar refractivity (Wildman–Crippen MR) is 115 cm³/mol. The van der Waals surface area contributed by atoms with Crippen LogP contribution >= 0.6 is 0 Å². The van der Waals surface area contributed by atoms with Crippen LogP contribution in [0.1, 0.15) is 30.4 Å². The summed E-state index contributed by atoms with van der Waals surface area (Å²) in [6, 6.07) is 16.0. The Morgan fingerprint density at radius 3 is 2.53 bits per heavy atom. The Labute approximate surface area is 172 Å². The number of nitrogens with zero attached hydrogens (tertiary/aromatic N) is 3.